The molecule has 1 fully saturated rings. The topological polar surface area (TPSA) is 44.5 Å². The first kappa shape index (κ1) is 15.1. The molecule has 1 saturated heterocycles. The van der Waals surface area contributed by atoms with Crippen molar-refractivity contribution in [2.75, 3.05) is 6.54 Å². The van der Waals surface area contributed by atoms with E-state index >= 15 is 0 Å². The van der Waals surface area contributed by atoms with Gasteiger partial charge in [0, 0.05) is 11.4 Å². The first-order valence-electron chi connectivity index (χ1n) is 6.27. The molecule has 0 aliphatic carbocycles. The standard InChI is InChI=1S/C13H19BClNO2S/c1-12(2)13(3,4)18-14(17-12)9(8-16)7-10-5-6-11(15)19-10/h5-7H,8,16H2,1-4H3. The number of nitrogens with two attached hydrogens (primary N) is 1. The van der Waals surface area contributed by atoms with E-state index in [0.29, 0.717) is 6.54 Å². The van der Waals surface area contributed by atoms with E-state index < -0.39 is 7.12 Å². The van der Waals surface area contributed by atoms with E-state index in [1.165, 1.54) is 11.3 Å². The van der Waals surface area contributed by atoms with Crippen LogP contribution in [0.4, 0.5) is 0 Å². The van der Waals surface area contributed by atoms with E-state index in [1.54, 1.807) is 0 Å². The maximum absolute atomic E-state index is 6.00. The molecule has 19 heavy (non-hydrogen) atoms. The van der Waals surface area contributed by atoms with E-state index in [2.05, 4.69) is 0 Å². The van der Waals surface area contributed by atoms with Crippen molar-refractivity contribution in [3.63, 3.8) is 0 Å². The zero-order chi connectivity index (χ0) is 14.3. The molecule has 3 nitrogen and oxygen atoms in total. The van der Waals surface area contributed by atoms with Crippen LogP contribution in [0.3, 0.4) is 0 Å². The van der Waals surface area contributed by atoms with Crippen LogP contribution < -0.4 is 5.73 Å². The fourth-order valence-corrected chi connectivity index (χ4v) is 2.84. The van der Waals surface area contributed by atoms with Crippen LogP contribution in [0, 0.1) is 0 Å². The first-order chi connectivity index (χ1) is 8.75. The summed E-state index contributed by atoms with van der Waals surface area (Å²) in [6, 6.07) is 3.84. The van der Waals surface area contributed by atoms with Gasteiger partial charge in [0.1, 0.15) is 0 Å². The van der Waals surface area contributed by atoms with Gasteiger partial charge in [-0.3, -0.25) is 0 Å². The van der Waals surface area contributed by atoms with Gasteiger partial charge in [-0.15, -0.1) is 11.3 Å². The lowest BCUT2D eigenvalue weighted by molar-refractivity contribution is 0.00578. The average Bonchev–Trinajstić information content (AvgIpc) is 2.78. The van der Waals surface area contributed by atoms with Crippen molar-refractivity contribution >= 4 is 36.1 Å². The molecule has 0 saturated carbocycles. The van der Waals surface area contributed by atoms with Crippen molar-refractivity contribution in [1.82, 2.24) is 0 Å². The molecule has 0 atom stereocenters. The number of rotatable bonds is 3. The van der Waals surface area contributed by atoms with Gasteiger partial charge in [-0.05, 0) is 51.4 Å². The Labute approximate surface area is 123 Å². The van der Waals surface area contributed by atoms with Crippen LogP contribution in [0.2, 0.25) is 4.34 Å². The summed E-state index contributed by atoms with van der Waals surface area (Å²) < 4.78 is 12.8. The van der Waals surface area contributed by atoms with Crippen LogP contribution >= 0.6 is 22.9 Å². The molecule has 104 valence electrons. The molecule has 2 rings (SSSR count). The quantitative estimate of drug-likeness (QED) is 0.870. The third-order valence-corrected chi connectivity index (χ3v) is 4.89. The third-order valence-electron chi connectivity index (χ3n) is 3.71. The van der Waals surface area contributed by atoms with Crippen LogP contribution in [-0.2, 0) is 9.31 Å². The average molecular weight is 300 g/mol. The summed E-state index contributed by atoms with van der Waals surface area (Å²) in [5.74, 6) is 0. The second-order valence-electron chi connectivity index (χ2n) is 5.65. The monoisotopic (exact) mass is 299 g/mol. The molecule has 0 amide bonds. The minimum absolute atomic E-state index is 0.348. The summed E-state index contributed by atoms with van der Waals surface area (Å²) in [4.78, 5) is 1.06. The lowest BCUT2D eigenvalue weighted by Gasteiger charge is -2.32. The van der Waals surface area contributed by atoms with E-state index in [-0.39, 0.29) is 11.2 Å². The molecule has 6 heteroatoms. The molecule has 0 aromatic carbocycles. The van der Waals surface area contributed by atoms with Crippen LogP contribution in [-0.4, -0.2) is 24.9 Å². The summed E-state index contributed by atoms with van der Waals surface area (Å²) in [6.07, 6.45) is 2.00. The lowest BCUT2D eigenvalue weighted by Crippen LogP contribution is -2.41. The number of thiophene rings is 1. The number of hydrogen-bond acceptors (Lipinski definition) is 4. The minimum Gasteiger partial charge on any atom is -0.400 e. The Balaban J connectivity index is 2.23. The summed E-state index contributed by atoms with van der Waals surface area (Å²) in [5.41, 5.74) is 6.06. The highest BCUT2D eigenvalue weighted by atomic mass is 35.5. The summed E-state index contributed by atoms with van der Waals surface area (Å²) >= 11 is 7.45. The van der Waals surface area contributed by atoms with E-state index in [4.69, 9.17) is 26.6 Å². The Morgan fingerprint density at radius 3 is 2.32 bits per heavy atom. The molecular weight excluding hydrogens is 280 g/mol. The van der Waals surface area contributed by atoms with Crippen molar-refractivity contribution in [3.05, 3.63) is 26.8 Å². The fourth-order valence-electron chi connectivity index (χ4n) is 1.81. The molecule has 2 heterocycles. The van der Waals surface area contributed by atoms with Gasteiger partial charge in [0.2, 0.25) is 0 Å². The predicted molar refractivity (Wildman–Crippen MR) is 82.4 cm³/mol. The normalized spacial score (nSPS) is 22.0. The molecule has 1 aliphatic heterocycles. The Kier molecular flexibility index (Phi) is 4.14. The Hall–Kier alpha value is -0.325. The number of hydrogen-bond donors (Lipinski definition) is 1. The molecule has 0 radical (unpaired) electrons. The molecule has 0 bridgehead atoms. The van der Waals surface area contributed by atoms with Gasteiger partial charge in [0.15, 0.2) is 0 Å². The SMILES string of the molecule is CC1(C)OB(C(=Cc2ccc(Cl)s2)CN)OC1(C)C. The van der Waals surface area contributed by atoms with Crippen LogP contribution in [0.5, 0.6) is 0 Å². The fraction of sp³-hybridized carbons (Fsp3) is 0.538. The van der Waals surface area contributed by atoms with Gasteiger partial charge in [0.05, 0.1) is 15.5 Å². The first-order valence-corrected chi connectivity index (χ1v) is 7.46. The molecular formula is C13H19BClNO2S. The second-order valence-corrected chi connectivity index (χ2v) is 7.40. The maximum atomic E-state index is 6.00. The van der Waals surface area contributed by atoms with Crippen LogP contribution in [0.25, 0.3) is 6.08 Å². The minimum atomic E-state index is -0.393. The maximum Gasteiger partial charge on any atom is 0.491 e. The van der Waals surface area contributed by atoms with Crippen molar-refractivity contribution in [3.8, 4) is 0 Å². The molecule has 1 aliphatic rings. The van der Waals surface area contributed by atoms with E-state index in [1.807, 2.05) is 45.9 Å². The molecule has 0 unspecified atom stereocenters. The Morgan fingerprint density at radius 1 is 1.32 bits per heavy atom. The molecule has 2 N–H and O–H groups in total. The summed E-state index contributed by atoms with van der Waals surface area (Å²) in [6.45, 7) is 8.52. The Bertz CT molecular complexity index is 483. The van der Waals surface area contributed by atoms with E-state index in [9.17, 15) is 0 Å². The van der Waals surface area contributed by atoms with Gasteiger partial charge in [-0.25, -0.2) is 0 Å². The largest absolute Gasteiger partial charge is 0.491 e. The van der Waals surface area contributed by atoms with Crippen LogP contribution in [0.15, 0.2) is 17.6 Å². The zero-order valence-corrected chi connectivity index (χ0v) is 13.3. The van der Waals surface area contributed by atoms with Gasteiger partial charge in [0.25, 0.3) is 0 Å². The molecule has 1 aromatic rings. The lowest BCUT2D eigenvalue weighted by atomic mass is 9.77. The van der Waals surface area contributed by atoms with Crippen molar-refractivity contribution in [2.45, 2.75) is 38.9 Å². The zero-order valence-electron chi connectivity index (χ0n) is 11.7. The van der Waals surface area contributed by atoms with Crippen molar-refractivity contribution in [2.24, 2.45) is 5.73 Å². The van der Waals surface area contributed by atoms with Gasteiger partial charge in [-0.2, -0.15) is 0 Å². The Morgan fingerprint density at radius 2 is 1.89 bits per heavy atom. The smallest absolute Gasteiger partial charge is 0.400 e. The van der Waals surface area contributed by atoms with Crippen molar-refractivity contribution < 1.29 is 9.31 Å². The van der Waals surface area contributed by atoms with Gasteiger partial charge >= 0.3 is 7.12 Å². The molecule has 1 aromatic heterocycles. The highest BCUT2D eigenvalue weighted by Crippen LogP contribution is 2.38. The van der Waals surface area contributed by atoms with Crippen LogP contribution in [0.1, 0.15) is 32.6 Å². The summed E-state index contributed by atoms with van der Waals surface area (Å²) in [7, 11) is -0.393. The highest BCUT2D eigenvalue weighted by Gasteiger charge is 2.52. The van der Waals surface area contributed by atoms with E-state index in [0.717, 1.165) is 14.7 Å². The molecule has 0 spiro atoms. The summed E-state index contributed by atoms with van der Waals surface area (Å²) in [5, 5.41) is 0. The highest BCUT2D eigenvalue weighted by molar-refractivity contribution is 7.17. The number of halogens is 1. The van der Waals surface area contributed by atoms with Gasteiger partial charge in [-0.1, -0.05) is 11.6 Å². The van der Waals surface area contributed by atoms with Crippen molar-refractivity contribution in [1.29, 1.82) is 0 Å². The van der Waals surface area contributed by atoms with Gasteiger partial charge < -0.3 is 15.0 Å². The third kappa shape index (κ3) is 3.06. The second kappa shape index (κ2) is 5.22. The predicted octanol–water partition coefficient (Wildman–Crippen LogP) is 3.38.